The quantitative estimate of drug-likeness (QED) is 0.562. The van der Waals surface area contributed by atoms with Crippen LogP contribution in [-0.4, -0.2) is 23.3 Å². The van der Waals surface area contributed by atoms with Crippen molar-refractivity contribution in [1.82, 2.24) is 9.55 Å². The Morgan fingerprint density at radius 3 is 2.80 bits per heavy atom. The molecule has 4 nitrogen and oxygen atoms in total. The van der Waals surface area contributed by atoms with Crippen LogP contribution in [0.4, 0.5) is 0 Å². The van der Waals surface area contributed by atoms with E-state index in [1.54, 1.807) is 7.11 Å². The maximum absolute atomic E-state index is 6.12. The Kier molecular flexibility index (Phi) is 5.61. The number of halogens is 1. The minimum absolute atomic E-state index is 0.420. The number of hydrogen-bond acceptors (Lipinski definition) is 3. The third kappa shape index (κ3) is 3.97. The fraction of sp³-hybridized carbons (Fsp3) is 0.350. The van der Waals surface area contributed by atoms with Gasteiger partial charge in [0.2, 0.25) is 0 Å². The van der Waals surface area contributed by atoms with E-state index in [4.69, 9.17) is 26.1 Å². The minimum atomic E-state index is 0.420. The first kappa shape index (κ1) is 17.8. The van der Waals surface area contributed by atoms with Crippen molar-refractivity contribution in [2.45, 2.75) is 33.4 Å². The fourth-order valence-corrected chi connectivity index (χ4v) is 3.07. The van der Waals surface area contributed by atoms with E-state index >= 15 is 0 Å². The summed E-state index contributed by atoms with van der Waals surface area (Å²) in [4.78, 5) is 4.73. The summed E-state index contributed by atoms with van der Waals surface area (Å²) in [6.45, 7) is 6.13. The van der Waals surface area contributed by atoms with Gasteiger partial charge in [-0.2, -0.15) is 0 Å². The van der Waals surface area contributed by atoms with Crippen LogP contribution >= 0.6 is 11.6 Å². The molecular weight excluding hydrogens is 336 g/mol. The van der Waals surface area contributed by atoms with Crippen LogP contribution in [0.15, 0.2) is 36.4 Å². The van der Waals surface area contributed by atoms with Crippen molar-refractivity contribution in [2.75, 3.05) is 13.7 Å². The van der Waals surface area contributed by atoms with E-state index in [0.29, 0.717) is 18.2 Å². The van der Waals surface area contributed by atoms with Gasteiger partial charge < -0.3 is 14.0 Å². The molecule has 0 aliphatic heterocycles. The first-order valence-corrected chi connectivity index (χ1v) is 8.80. The van der Waals surface area contributed by atoms with Crippen LogP contribution in [0.2, 0.25) is 5.02 Å². The molecule has 0 saturated carbocycles. The summed E-state index contributed by atoms with van der Waals surface area (Å²) in [7, 11) is 1.72. The maximum atomic E-state index is 6.12. The van der Waals surface area contributed by atoms with E-state index in [1.807, 2.05) is 30.3 Å². The summed E-state index contributed by atoms with van der Waals surface area (Å²) in [5, 5.41) is 0.691. The molecule has 3 aromatic rings. The summed E-state index contributed by atoms with van der Waals surface area (Å²) in [6, 6.07) is 11.9. The number of aryl methyl sites for hydroxylation is 2. The summed E-state index contributed by atoms with van der Waals surface area (Å²) in [5.74, 6) is 1.79. The summed E-state index contributed by atoms with van der Waals surface area (Å²) in [5.41, 5.74) is 4.34. The SMILES string of the molecule is COCCCn1c(COc2cccc(C)c2C)nc2cc(Cl)ccc21. The van der Waals surface area contributed by atoms with Gasteiger partial charge in [-0.1, -0.05) is 23.7 Å². The lowest BCUT2D eigenvalue weighted by molar-refractivity contribution is 0.189. The largest absolute Gasteiger partial charge is 0.485 e. The lowest BCUT2D eigenvalue weighted by atomic mass is 10.1. The van der Waals surface area contributed by atoms with Crippen LogP contribution in [0.25, 0.3) is 11.0 Å². The Bertz CT molecular complexity index is 874. The first-order valence-electron chi connectivity index (χ1n) is 8.42. The molecule has 0 aliphatic carbocycles. The number of imidazole rings is 1. The Morgan fingerprint density at radius 2 is 2.00 bits per heavy atom. The zero-order valence-electron chi connectivity index (χ0n) is 14.9. The van der Waals surface area contributed by atoms with Crippen LogP contribution in [0.1, 0.15) is 23.4 Å². The highest BCUT2D eigenvalue weighted by Crippen LogP contribution is 2.24. The zero-order valence-corrected chi connectivity index (χ0v) is 15.6. The molecule has 5 heteroatoms. The number of hydrogen-bond donors (Lipinski definition) is 0. The molecule has 1 aromatic heterocycles. The zero-order chi connectivity index (χ0) is 17.8. The van der Waals surface area contributed by atoms with Crippen LogP contribution in [0.3, 0.4) is 0 Å². The van der Waals surface area contributed by atoms with E-state index in [0.717, 1.165) is 41.1 Å². The van der Waals surface area contributed by atoms with Gasteiger partial charge >= 0.3 is 0 Å². The average Bonchev–Trinajstić information content (AvgIpc) is 2.93. The normalized spacial score (nSPS) is 11.2. The number of benzene rings is 2. The molecule has 3 rings (SSSR count). The van der Waals surface area contributed by atoms with E-state index in [9.17, 15) is 0 Å². The van der Waals surface area contributed by atoms with Crippen molar-refractivity contribution in [2.24, 2.45) is 0 Å². The lowest BCUT2D eigenvalue weighted by Gasteiger charge is -2.12. The molecule has 0 atom stereocenters. The van der Waals surface area contributed by atoms with E-state index < -0.39 is 0 Å². The fourth-order valence-electron chi connectivity index (χ4n) is 2.90. The lowest BCUT2D eigenvalue weighted by Crippen LogP contribution is -2.09. The summed E-state index contributed by atoms with van der Waals surface area (Å²) >= 11 is 6.12. The number of nitrogens with zero attached hydrogens (tertiary/aromatic N) is 2. The van der Waals surface area contributed by atoms with Crippen LogP contribution < -0.4 is 4.74 Å². The first-order chi connectivity index (χ1) is 12.1. The molecule has 25 heavy (non-hydrogen) atoms. The van der Waals surface area contributed by atoms with Gasteiger partial charge in [0.25, 0.3) is 0 Å². The molecule has 0 N–H and O–H groups in total. The third-order valence-electron chi connectivity index (χ3n) is 4.43. The number of fused-ring (bicyclic) bond motifs is 1. The molecule has 0 bridgehead atoms. The van der Waals surface area contributed by atoms with Crippen molar-refractivity contribution in [3.05, 3.63) is 58.4 Å². The topological polar surface area (TPSA) is 36.3 Å². The molecule has 0 spiro atoms. The van der Waals surface area contributed by atoms with Gasteiger partial charge in [0, 0.05) is 25.3 Å². The van der Waals surface area contributed by atoms with Crippen molar-refractivity contribution in [1.29, 1.82) is 0 Å². The van der Waals surface area contributed by atoms with Crippen molar-refractivity contribution in [3.63, 3.8) is 0 Å². The van der Waals surface area contributed by atoms with Crippen LogP contribution in [-0.2, 0) is 17.9 Å². The molecule has 1 heterocycles. The van der Waals surface area contributed by atoms with Crippen molar-refractivity contribution >= 4 is 22.6 Å². The highest BCUT2D eigenvalue weighted by Gasteiger charge is 2.12. The molecule has 2 aromatic carbocycles. The second kappa shape index (κ2) is 7.89. The number of ether oxygens (including phenoxy) is 2. The maximum Gasteiger partial charge on any atom is 0.148 e. The van der Waals surface area contributed by atoms with E-state index in [1.165, 1.54) is 5.56 Å². The van der Waals surface area contributed by atoms with Gasteiger partial charge in [0.05, 0.1) is 11.0 Å². The second-order valence-corrected chi connectivity index (χ2v) is 6.58. The highest BCUT2D eigenvalue weighted by atomic mass is 35.5. The Hall–Kier alpha value is -2.04. The van der Waals surface area contributed by atoms with Gasteiger partial charge in [-0.3, -0.25) is 0 Å². The van der Waals surface area contributed by atoms with E-state index in [-0.39, 0.29) is 0 Å². The predicted octanol–water partition coefficient (Wildman–Crippen LogP) is 4.92. The predicted molar refractivity (Wildman–Crippen MR) is 101 cm³/mol. The van der Waals surface area contributed by atoms with Gasteiger partial charge in [-0.25, -0.2) is 4.98 Å². The minimum Gasteiger partial charge on any atom is -0.485 e. The molecular formula is C20H23ClN2O2. The molecule has 0 saturated heterocycles. The molecule has 0 amide bonds. The smallest absolute Gasteiger partial charge is 0.148 e. The Balaban J connectivity index is 1.88. The molecule has 0 aliphatic rings. The van der Waals surface area contributed by atoms with Crippen molar-refractivity contribution in [3.8, 4) is 5.75 Å². The summed E-state index contributed by atoms with van der Waals surface area (Å²) < 4.78 is 13.4. The second-order valence-electron chi connectivity index (χ2n) is 6.15. The number of rotatable bonds is 7. The van der Waals surface area contributed by atoms with Gasteiger partial charge in [-0.15, -0.1) is 0 Å². The number of aromatic nitrogens is 2. The Morgan fingerprint density at radius 1 is 1.16 bits per heavy atom. The molecule has 132 valence electrons. The highest BCUT2D eigenvalue weighted by molar-refractivity contribution is 6.31. The summed E-state index contributed by atoms with van der Waals surface area (Å²) in [6.07, 6.45) is 0.918. The standard InChI is InChI=1S/C20H23ClN2O2/c1-14-6-4-7-19(15(14)2)25-13-20-22-17-12-16(21)8-9-18(17)23(20)10-5-11-24-3/h4,6-9,12H,5,10-11,13H2,1-3H3. The van der Waals surface area contributed by atoms with Gasteiger partial charge in [0.1, 0.15) is 18.2 Å². The van der Waals surface area contributed by atoms with Crippen LogP contribution in [0.5, 0.6) is 5.75 Å². The molecule has 0 radical (unpaired) electrons. The van der Waals surface area contributed by atoms with Gasteiger partial charge in [-0.05, 0) is 55.7 Å². The van der Waals surface area contributed by atoms with Crippen molar-refractivity contribution < 1.29 is 9.47 Å². The van der Waals surface area contributed by atoms with Crippen LogP contribution in [0, 0.1) is 13.8 Å². The number of methoxy groups -OCH3 is 1. The van der Waals surface area contributed by atoms with Gasteiger partial charge in [0.15, 0.2) is 0 Å². The third-order valence-corrected chi connectivity index (χ3v) is 4.67. The van der Waals surface area contributed by atoms with E-state index in [2.05, 4.69) is 24.5 Å². The molecule has 0 unspecified atom stereocenters. The average molecular weight is 359 g/mol. The molecule has 0 fully saturated rings. The Labute approximate surface area is 153 Å². The monoisotopic (exact) mass is 358 g/mol.